The van der Waals surface area contributed by atoms with Gasteiger partial charge in [-0.3, -0.25) is 4.79 Å². The van der Waals surface area contributed by atoms with Crippen LogP contribution in [0, 0.1) is 5.82 Å². The summed E-state index contributed by atoms with van der Waals surface area (Å²) in [5.74, 6) is -0.735. The van der Waals surface area contributed by atoms with Crippen LogP contribution in [-0.2, 0) is 0 Å². The number of pyridine rings is 1. The van der Waals surface area contributed by atoms with Crippen molar-refractivity contribution in [1.29, 1.82) is 0 Å². The number of hydrogen-bond acceptors (Lipinski definition) is 3. The van der Waals surface area contributed by atoms with Crippen LogP contribution in [0.4, 0.5) is 4.39 Å². The average molecular weight is 425 g/mol. The van der Waals surface area contributed by atoms with E-state index >= 15 is 0 Å². The van der Waals surface area contributed by atoms with Gasteiger partial charge in [0.1, 0.15) is 11.5 Å². The minimum atomic E-state index is -0.825. The Morgan fingerprint density at radius 1 is 0.969 bits per heavy atom. The van der Waals surface area contributed by atoms with Crippen LogP contribution in [0.25, 0.3) is 33.1 Å². The topological polar surface area (TPSA) is 78.0 Å². The van der Waals surface area contributed by atoms with Crippen LogP contribution in [0.5, 0.6) is 0 Å². The van der Waals surface area contributed by atoms with E-state index in [2.05, 4.69) is 15.3 Å². The van der Waals surface area contributed by atoms with Crippen molar-refractivity contribution >= 4 is 27.7 Å². The number of H-pyrrole nitrogens is 1. The van der Waals surface area contributed by atoms with Crippen molar-refractivity contribution in [2.75, 3.05) is 6.54 Å². The highest BCUT2D eigenvalue weighted by molar-refractivity contribution is 6.13. The zero-order valence-electron chi connectivity index (χ0n) is 17.0. The number of amides is 1. The molecule has 0 aliphatic carbocycles. The Labute approximate surface area is 183 Å². The van der Waals surface area contributed by atoms with E-state index in [1.807, 2.05) is 42.5 Å². The Bertz CT molecular complexity index is 1410. The maximum absolute atomic E-state index is 13.5. The first kappa shape index (κ1) is 19.9. The molecule has 1 amide bonds. The number of aliphatic hydroxyl groups is 1. The average Bonchev–Trinajstić information content (AvgIpc) is 3.21. The van der Waals surface area contributed by atoms with Gasteiger partial charge in [-0.25, -0.2) is 9.37 Å². The van der Waals surface area contributed by atoms with Crippen LogP contribution < -0.4 is 5.32 Å². The third-order valence-electron chi connectivity index (χ3n) is 5.49. The molecule has 0 aliphatic heterocycles. The van der Waals surface area contributed by atoms with Gasteiger partial charge in [-0.15, -0.1) is 0 Å². The van der Waals surface area contributed by atoms with Gasteiger partial charge in [-0.05, 0) is 42.0 Å². The van der Waals surface area contributed by atoms with Gasteiger partial charge in [0.15, 0.2) is 0 Å². The van der Waals surface area contributed by atoms with Crippen molar-refractivity contribution in [3.63, 3.8) is 0 Å². The molecule has 0 saturated carbocycles. The second-order valence-electron chi connectivity index (χ2n) is 7.59. The summed E-state index contributed by atoms with van der Waals surface area (Å²) in [5.41, 5.74) is 3.90. The summed E-state index contributed by atoms with van der Waals surface area (Å²) in [6, 6.07) is 24.7. The predicted octanol–water partition coefficient (Wildman–Crippen LogP) is 4.99. The van der Waals surface area contributed by atoms with E-state index in [4.69, 9.17) is 0 Å². The number of nitrogens with one attached hydrogen (secondary N) is 2. The number of nitrogens with zero attached hydrogens (tertiary/aromatic N) is 1. The second kappa shape index (κ2) is 8.24. The van der Waals surface area contributed by atoms with E-state index in [0.29, 0.717) is 11.3 Å². The molecular formula is C26H20FN3O2. The van der Waals surface area contributed by atoms with Crippen LogP contribution >= 0.6 is 0 Å². The Hall–Kier alpha value is -4.03. The highest BCUT2D eigenvalue weighted by Crippen LogP contribution is 2.32. The zero-order chi connectivity index (χ0) is 22.1. The van der Waals surface area contributed by atoms with Crippen LogP contribution in [0.3, 0.4) is 0 Å². The number of rotatable bonds is 5. The standard InChI is InChI=1S/C26H20FN3O2/c27-18-12-10-17(11-13-18)24-25-20(19-8-4-5-9-21(19)29-25)14-22(30-24)26(32)28-15-23(31)16-6-2-1-3-7-16/h1-14,23,29,31H,15H2,(H,28,32)/t23-/m1/s1. The molecule has 1 atom stereocenters. The van der Waals surface area contributed by atoms with Crippen molar-refractivity contribution in [2.45, 2.75) is 6.10 Å². The van der Waals surface area contributed by atoms with E-state index in [1.165, 1.54) is 12.1 Å². The first-order chi connectivity index (χ1) is 15.6. The lowest BCUT2D eigenvalue weighted by Gasteiger charge is -2.13. The number of fused-ring (bicyclic) bond motifs is 3. The first-order valence-electron chi connectivity index (χ1n) is 10.3. The molecule has 0 bridgehead atoms. The fourth-order valence-corrected chi connectivity index (χ4v) is 3.85. The third kappa shape index (κ3) is 3.72. The van der Waals surface area contributed by atoms with Gasteiger partial charge < -0.3 is 15.4 Å². The normalized spacial score (nSPS) is 12.2. The first-order valence-corrected chi connectivity index (χ1v) is 10.3. The smallest absolute Gasteiger partial charge is 0.270 e. The minimum absolute atomic E-state index is 0.0579. The van der Waals surface area contributed by atoms with Gasteiger partial charge in [-0.2, -0.15) is 0 Å². The number of benzene rings is 3. The van der Waals surface area contributed by atoms with E-state index in [-0.39, 0.29) is 18.1 Å². The van der Waals surface area contributed by atoms with E-state index in [9.17, 15) is 14.3 Å². The van der Waals surface area contributed by atoms with Crippen molar-refractivity contribution in [2.24, 2.45) is 0 Å². The molecule has 32 heavy (non-hydrogen) atoms. The summed E-state index contributed by atoms with van der Waals surface area (Å²) in [6.07, 6.45) is -0.825. The fourth-order valence-electron chi connectivity index (χ4n) is 3.85. The molecule has 0 saturated heterocycles. The van der Waals surface area contributed by atoms with E-state index in [1.54, 1.807) is 30.3 Å². The lowest BCUT2D eigenvalue weighted by molar-refractivity contribution is 0.0911. The lowest BCUT2D eigenvalue weighted by atomic mass is 10.1. The summed E-state index contributed by atoms with van der Waals surface area (Å²) in [4.78, 5) is 20.9. The molecule has 0 fully saturated rings. The SMILES string of the molecule is O=C(NC[C@@H](O)c1ccccc1)c1cc2c([nH]c3ccccc32)c(-c2ccc(F)cc2)n1. The zero-order valence-corrected chi connectivity index (χ0v) is 17.0. The Balaban J connectivity index is 1.54. The quantitative estimate of drug-likeness (QED) is 0.371. The second-order valence-corrected chi connectivity index (χ2v) is 7.59. The Kier molecular flexibility index (Phi) is 5.13. The van der Waals surface area contributed by atoms with Crippen molar-refractivity contribution in [3.05, 3.63) is 102 Å². The maximum atomic E-state index is 13.5. The highest BCUT2D eigenvalue weighted by Gasteiger charge is 2.18. The molecule has 5 aromatic rings. The van der Waals surface area contributed by atoms with Crippen LogP contribution in [0.2, 0.25) is 0 Å². The summed E-state index contributed by atoms with van der Waals surface area (Å²) in [7, 11) is 0. The van der Waals surface area contributed by atoms with E-state index < -0.39 is 12.0 Å². The van der Waals surface area contributed by atoms with Crippen molar-refractivity contribution < 1.29 is 14.3 Å². The van der Waals surface area contributed by atoms with Gasteiger partial charge in [0.2, 0.25) is 0 Å². The number of carbonyl (C=O) groups excluding carboxylic acids is 1. The van der Waals surface area contributed by atoms with Gasteiger partial charge in [0, 0.05) is 28.4 Å². The van der Waals surface area contributed by atoms with Gasteiger partial charge in [0.25, 0.3) is 5.91 Å². The molecule has 0 unspecified atom stereocenters. The van der Waals surface area contributed by atoms with E-state index in [0.717, 1.165) is 27.4 Å². The van der Waals surface area contributed by atoms with Crippen LogP contribution in [-0.4, -0.2) is 27.5 Å². The predicted molar refractivity (Wildman–Crippen MR) is 123 cm³/mol. The molecule has 5 nitrogen and oxygen atoms in total. The summed E-state index contributed by atoms with van der Waals surface area (Å²) >= 11 is 0. The summed E-state index contributed by atoms with van der Waals surface area (Å²) in [5, 5.41) is 15.0. The molecule has 3 N–H and O–H groups in total. The van der Waals surface area contributed by atoms with Crippen LogP contribution in [0.1, 0.15) is 22.2 Å². The lowest BCUT2D eigenvalue weighted by Crippen LogP contribution is -2.29. The molecule has 0 spiro atoms. The number of aliphatic hydroxyl groups excluding tert-OH is 1. The molecule has 0 radical (unpaired) electrons. The number of aromatic amines is 1. The molecule has 5 rings (SSSR count). The summed E-state index contributed by atoms with van der Waals surface area (Å²) < 4.78 is 13.5. The summed E-state index contributed by atoms with van der Waals surface area (Å²) in [6.45, 7) is 0.0579. The molecule has 2 aromatic heterocycles. The Morgan fingerprint density at radius 2 is 1.69 bits per heavy atom. The van der Waals surface area contributed by atoms with Gasteiger partial charge >= 0.3 is 0 Å². The number of aromatic nitrogens is 2. The number of hydrogen-bond donors (Lipinski definition) is 3. The molecular weight excluding hydrogens is 405 g/mol. The molecule has 158 valence electrons. The van der Waals surface area contributed by atoms with Gasteiger partial charge in [0.05, 0.1) is 17.3 Å². The molecule has 0 aliphatic rings. The number of carbonyl (C=O) groups is 1. The largest absolute Gasteiger partial charge is 0.387 e. The fraction of sp³-hybridized carbons (Fsp3) is 0.0769. The van der Waals surface area contributed by atoms with Crippen molar-refractivity contribution in [1.82, 2.24) is 15.3 Å². The molecule has 6 heteroatoms. The minimum Gasteiger partial charge on any atom is -0.387 e. The van der Waals surface area contributed by atoms with Gasteiger partial charge in [-0.1, -0.05) is 48.5 Å². The van der Waals surface area contributed by atoms with Crippen molar-refractivity contribution in [3.8, 4) is 11.3 Å². The van der Waals surface area contributed by atoms with Crippen LogP contribution in [0.15, 0.2) is 84.9 Å². The third-order valence-corrected chi connectivity index (χ3v) is 5.49. The molecule has 2 heterocycles. The monoisotopic (exact) mass is 425 g/mol. The maximum Gasteiger partial charge on any atom is 0.270 e. The number of para-hydroxylation sites is 1. The molecule has 3 aromatic carbocycles. The highest BCUT2D eigenvalue weighted by atomic mass is 19.1. The Morgan fingerprint density at radius 3 is 2.47 bits per heavy atom. The number of halogens is 1.